The maximum Gasteiger partial charge on any atom is 0.312 e. The van der Waals surface area contributed by atoms with Gasteiger partial charge in [0.1, 0.15) is 17.2 Å². The van der Waals surface area contributed by atoms with E-state index >= 15 is 0 Å². The van der Waals surface area contributed by atoms with Gasteiger partial charge in [-0.2, -0.15) is 0 Å². The van der Waals surface area contributed by atoms with Gasteiger partial charge in [-0.25, -0.2) is 0 Å². The summed E-state index contributed by atoms with van der Waals surface area (Å²) in [7, 11) is 1.54. The van der Waals surface area contributed by atoms with Crippen LogP contribution in [0.15, 0.2) is 72.8 Å². The molecule has 7 heteroatoms. The number of carbonyl (C=O) groups excluding carboxylic acids is 3. The molecule has 3 aromatic rings. The molecule has 0 radical (unpaired) electrons. The van der Waals surface area contributed by atoms with Gasteiger partial charge in [-0.05, 0) is 74.5 Å². The van der Waals surface area contributed by atoms with Crippen LogP contribution in [0.2, 0.25) is 0 Å². The Morgan fingerprint density at radius 2 is 1.46 bits per heavy atom. The molecule has 1 aliphatic heterocycles. The molecule has 0 spiro atoms. The van der Waals surface area contributed by atoms with E-state index in [-0.39, 0.29) is 24.7 Å². The first-order chi connectivity index (χ1) is 16.8. The standard InChI is InChI=1S/C28H27NO6/c1-18-4-10-24(11-5-18)35-25-14-8-22(9-15-25)29-17-21(16-26(29)30)28(32)34-19(2)27(31)20-6-12-23(33-3)13-7-20/h4-15,19,21H,16-17H2,1-3H3/t19-,21-/m0/s1. The third-order valence-corrected chi connectivity index (χ3v) is 5.90. The number of methoxy groups -OCH3 is 1. The molecule has 1 saturated heterocycles. The number of anilines is 1. The summed E-state index contributed by atoms with van der Waals surface area (Å²) in [4.78, 5) is 39.5. The molecule has 3 aromatic carbocycles. The van der Waals surface area contributed by atoms with Crippen molar-refractivity contribution in [2.24, 2.45) is 5.92 Å². The van der Waals surface area contributed by atoms with Crippen LogP contribution in [0.1, 0.15) is 29.3 Å². The number of hydrogen-bond acceptors (Lipinski definition) is 6. The Balaban J connectivity index is 1.34. The van der Waals surface area contributed by atoms with Gasteiger partial charge in [0.2, 0.25) is 11.7 Å². The zero-order valence-corrected chi connectivity index (χ0v) is 19.9. The number of ketones is 1. The molecule has 1 amide bonds. The van der Waals surface area contributed by atoms with E-state index in [0.29, 0.717) is 22.7 Å². The number of rotatable bonds is 8. The van der Waals surface area contributed by atoms with Crippen LogP contribution < -0.4 is 14.4 Å². The molecule has 2 atom stereocenters. The van der Waals surface area contributed by atoms with Crippen molar-refractivity contribution in [3.63, 3.8) is 0 Å². The summed E-state index contributed by atoms with van der Waals surface area (Å²) in [5.41, 5.74) is 2.24. The molecule has 0 saturated carbocycles. The van der Waals surface area contributed by atoms with Gasteiger partial charge in [-0.1, -0.05) is 17.7 Å². The van der Waals surface area contributed by atoms with Crippen LogP contribution >= 0.6 is 0 Å². The van der Waals surface area contributed by atoms with Gasteiger partial charge in [0, 0.05) is 24.2 Å². The van der Waals surface area contributed by atoms with Crippen molar-refractivity contribution in [2.45, 2.75) is 26.4 Å². The third-order valence-electron chi connectivity index (χ3n) is 5.90. The molecule has 0 aliphatic carbocycles. The van der Waals surface area contributed by atoms with Crippen LogP contribution in [0, 0.1) is 12.8 Å². The Bertz CT molecular complexity index is 1200. The molecule has 1 aliphatic rings. The summed E-state index contributed by atoms with van der Waals surface area (Å²) in [6.45, 7) is 3.74. The smallest absolute Gasteiger partial charge is 0.312 e. The average molecular weight is 474 g/mol. The number of carbonyl (C=O) groups is 3. The van der Waals surface area contributed by atoms with E-state index in [1.165, 1.54) is 6.92 Å². The first kappa shape index (κ1) is 24.0. The lowest BCUT2D eigenvalue weighted by molar-refractivity contribution is -0.151. The van der Waals surface area contributed by atoms with Crippen molar-refractivity contribution in [1.29, 1.82) is 0 Å². The molecule has 0 N–H and O–H groups in total. The molecule has 1 heterocycles. The van der Waals surface area contributed by atoms with E-state index in [1.807, 2.05) is 31.2 Å². The maximum atomic E-state index is 12.7. The Labute approximate surface area is 204 Å². The monoisotopic (exact) mass is 473 g/mol. The van der Waals surface area contributed by atoms with Gasteiger partial charge in [-0.15, -0.1) is 0 Å². The first-order valence-corrected chi connectivity index (χ1v) is 11.4. The number of aryl methyl sites for hydroxylation is 1. The van der Waals surface area contributed by atoms with Gasteiger partial charge in [-0.3, -0.25) is 14.4 Å². The minimum absolute atomic E-state index is 0.0316. The molecule has 0 unspecified atom stereocenters. The highest BCUT2D eigenvalue weighted by atomic mass is 16.5. The Morgan fingerprint density at radius 1 is 0.886 bits per heavy atom. The number of benzene rings is 3. The Morgan fingerprint density at radius 3 is 2.06 bits per heavy atom. The Kier molecular flexibility index (Phi) is 7.15. The minimum Gasteiger partial charge on any atom is -0.497 e. The number of nitrogens with zero attached hydrogens (tertiary/aromatic N) is 1. The molecular weight excluding hydrogens is 446 g/mol. The molecule has 0 aromatic heterocycles. The summed E-state index contributed by atoms with van der Waals surface area (Å²) < 4.78 is 16.3. The lowest BCUT2D eigenvalue weighted by Gasteiger charge is -2.18. The van der Waals surface area contributed by atoms with Gasteiger partial charge in [0.15, 0.2) is 6.10 Å². The molecule has 0 bridgehead atoms. The number of ether oxygens (including phenoxy) is 3. The number of Topliss-reactive ketones (excluding diaryl/α,β-unsaturated/α-hetero) is 1. The van der Waals surface area contributed by atoms with Gasteiger partial charge >= 0.3 is 5.97 Å². The fourth-order valence-corrected chi connectivity index (χ4v) is 3.87. The van der Waals surface area contributed by atoms with Crippen LogP contribution in [0.5, 0.6) is 17.2 Å². The van der Waals surface area contributed by atoms with Crippen molar-refractivity contribution in [2.75, 3.05) is 18.6 Å². The van der Waals surface area contributed by atoms with Crippen LogP contribution in [-0.4, -0.2) is 37.4 Å². The largest absolute Gasteiger partial charge is 0.497 e. The van der Waals surface area contributed by atoms with E-state index in [9.17, 15) is 14.4 Å². The summed E-state index contributed by atoms with van der Waals surface area (Å²) in [5, 5.41) is 0. The molecule has 180 valence electrons. The van der Waals surface area contributed by atoms with E-state index < -0.39 is 18.0 Å². The van der Waals surface area contributed by atoms with Crippen LogP contribution in [-0.2, 0) is 14.3 Å². The molecule has 4 rings (SSSR count). The van der Waals surface area contributed by atoms with E-state index in [1.54, 1.807) is 60.5 Å². The topological polar surface area (TPSA) is 82.1 Å². The first-order valence-electron chi connectivity index (χ1n) is 11.4. The van der Waals surface area contributed by atoms with Crippen LogP contribution in [0.4, 0.5) is 5.69 Å². The van der Waals surface area contributed by atoms with Crippen molar-refractivity contribution < 1.29 is 28.6 Å². The maximum absolute atomic E-state index is 12.7. The lowest BCUT2D eigenvalue weighted by Crippen LogP contribution is -2.30. The zero-order chi connectivity index (χ0) is 24.9. The van der Waals surface area contributed by atoms with E-state index in [4.69, 9.17) is 14.2 Å². The average Bonchev–Trinajstić information content (AvgIpc) is 3.27. The minimum atomic E-state index is -0.960. The Hall–Kier alpha value is -4.13. The quantitative estimate of drug-likeness (QED) is 0.340. The second kappa shape index (κ2) is 10.4. The number of amides is 1. The molecular formula is C28H27NO6. The summed E-state index contributed by atoms with van der Waals surface area (Å²) in [6, 6.07) is 21.4. The summed E-state index contributed by atoms with van der Waals surface area (Å²) >= 11 is 0. The molecule has 7 nitrogen and oxygen atoms in total. The van der Waals surface area contributed by atoms with Crippen molar-refractivity contribution in [1.82, 2.24) is 0 Å². The lowest BCUT2D eigenvalue weighted by atomic mass is 10.1. The van der Waals surface area contributed by atoms with Crippen LogP contribution in [0.25, 0.3) is 0 Å². The van der Waals surface area contributed by atoms with Gasteiger partial charge in [0.25, 0.3) is 0 Å². The van der Waals surface area contributed by atoms with Crippen molar-refractivity contribution >= 4 is 23.3 Å². The third kappa shape index (κ3) is 5.69. The van der Waals surface area contributed by atoms with Gasteiger partial charge < -0.3 is 19.1 Å². The normalized spacial score (nSPS) is 16.0. The van der Waals surface area contributed by atoms with Crippen LogP contribution in [0.3, 0.4) is 0 Å². The predicted octanol–water partition coefficient (Wildman–Crippen LogP) is 4.96. The van der Waals surface area contributed by atoms with Crippen molar-refractivity contribution in [3.05, 3.63) is 83.9 Å². The highest BCUT2D eigenvalue weighted by Gasteiger charge is 2.37. The number of hydrogen-bond donors (Lipinski definition) is 0. The fourth-order valence-electron chi connectivity index (χ4n) is 3.87. The SMILES string of the molecule is COc1ccc(C(=O)[C@H](C)OC(=O)[C@H]2CC(=O)N(c3ccc(Oc4ccc(C)cc4)cc3)C2)cc1. The zero-order valence-electron chi connectivity index (χ0n) is 19.9. The van der Waals surface area contributed by atoms with E-state index in [0.717, 1.165) is 11.3 Å². The highest BCUT2D eigenvalue weighted by molar-refractivity contribution is 6.02. The van der Waals surface area contributed by atoms with Gasteiger partial charge in [0.05, 0.1) is 13.0 Å². The summed E-state index contributed by atoms with van der Waals surface area (Å²) in [5.74, 6) is 0.310. The fraction of sp³-hybridized carbons (Fsp3) is 0.250. The van der Waals surface area contributed by atoms with E-state index in [2.05, 4.69) is 0 Å². The number of esters is 1. The predicted molar refractivity (Wildman–Crippen MR) is 131 cm³/mol. The summed E-state index contributed by atoms with van der Waals surface area (Å²) in [6.07, 6.45) is -0.928. The second-order valence-electron chi connectivity index (χ2n) is 8.49. The molecule has 1 fully saturated rings. The second-order valence-corrected chi connectivity index (χ2v) is 8.49. The van der Waals surface area contributed by atoms with Crippen molar-refractivity contribution in [3.8, 4) is 17.2 Å². The molecule has 35 heavy (non-hydrogen) atoms. The highest BCUT2D eigenvalue weighted by Crippen LogP contribution is 2.29.